The molecule has 1 aliphatic heterocycles. The Balaban J connectivity index is 0.000000258. The molecule has 1 aromatic carbocycles. The highest BCUT2D eigenvalue weighted by molar-refractivity contribution is 7.79. The van der Waals surface area contributed by atoms with Crippen molar-refractivity contribution in [2.75, 3.05) is 13.1 Å². The quantitative estimate of drug-likeness (QED) is 0.524. The van der Waals surface area contributed by atoms with Gasteiger partial charge in [-0.3, -0.25) is 4.90 Å². The summed E-state index contributed by atoms with van der Waals surface area (Å²) in [5, 5.41) is 17.2. The molecule has 1 aromatic heterocycles. The van der Waals surface area contributed by atoms with Crippen molar-refractivity contribution in [1.29, 1.82) is 0 Å². The van der Waals surface area contributed by atoms with Gasteiger partial charge in [0.1, 0.15) is 0 Å². The molecular formula is C22H28N2O4S. The lowest BCUT2D eigenvalue weighted by atomic mass is 9.72. The highest BCUT2D eigenvalue weighted by Gasteiger charge is 2.39. The van der Waals surface area contributed by atoms with Gasteiger partial charge in [-0.2, -0.15) is 12.6 Å². The summed E-state index contributed by atoms with van der Waals surface area (Å²) in [6.45, 7) is 7.15. The second-order valence-electron chi connectivity index (χ2n) is 7.82. The van der Waals surface area contributed by atoms with Crippen LogP contribution in [0.1, 0.15) is 37.3 Å². The van der Waals surface area contributed by atoms with Crippen molar-refractivity contribution in [3.8, 4) is 0 Å². The Kier molecular flexibility index (Phi) is 6.70. The molecule has 4 rings (SSSR count). The van der Waals surface area contributed by atoms with E-state index in [1.807, 2.05) is 0 Å². The summed E-state index contributed by atoms with van der Waals surface area (Å²) in [7, 11) is 0. The van der Waals surface area contributed by atoms with Crippen LogP contribution in [0.4, 0.5) is 0 Å². The molecule has 0 unspecified atom stereocenters. The maximum Gasteiger partial charge on any atom is 0.328 e. The zero-order valence-electron chi connectivity index (χ0n) is 16.8. The minimum atomic E-state index is -1.26. The van der Waals surface area contributed by atoms with E-state index in [0.717, 1.165) is 11.8 Å². The smallest absolute Gasteiger partial charge is 0.328 e. The SMILES string of the molecule is CCN1C[C@H](C)C[C@@H]2c3cccc4c3c(cn4CS)C[C@H]21.O=C(O)/C=C\C(=O)O. The molecule has 156 valence electrons. The number of carboxylic acids is 2. The van der Waals surface area contributed by atoms with Gasteiger partial charge in [-0.1, -0.05) is 26.0 Å². The number of piperidine rings is 1. The fourth-order valence-electron chi connectivity index (χ4n) is 4.84. The van der Waals surface area contributed by atoms with Gasteiger partial charge in [0.25, 0.3) is 0 Å². The number of aromatic nitrogens is 1. The van der Waals surface area contributed by atoms with Crippen LogP contribution < -0.4 is 0 Å². The number of aliphatic carboxylic acids is 2. The van der Waals surface area contributed by atoms with Gasteiger partial charge in [-0.25, -0.2) is 9.59 Å². The first-order chi connectivity index (χ1) is 13.8. The second kappa shape index (κ2) is 9.05. The summed E-state index contributed by atoms with van der Waals surface area (Å²) >= 11 is 4.50. The van der Waals surface area contributed by atoms with Gasteiger partial charge in [-0.05, 0) is 42.5 Å². The first-order valence-electron chi connectivity index (χ1n) is 9.95. The normalized spacial score (nSPS) is 23.5. The Morgan fingerprint density at radius 3 is 2.52 bits per heavy atom. The molecule has 2 aliphatic rings. The van der Waals surface area contributed by atoms with E-state index < -0.39 is 11.9 Å². The third-order valence-corrected chi connectivity index (χ3v) is 6.21. The molecule has 1 aliphatic carbocycles. The van der Waals surface area contributed by atoms with Crippen molar-refractivity contribution in [1.82, 2.24) is 9.47 Å². The summed E-state index contributed by atoms with van der Waals surface area (Å²) < 4.78 is 2.30. The van der Waals surface area contributed by atoms with E-state index in [1.165, 1.54) is 42.4 Å². The van der Waals surface area contributed by atoms with Crippen LogP contribution in [-0.4, -0.2) is 50.8 Å². The largest absolute Gasteiger partial charge is 0.478 e. The third kappa shape index (κ3) is 4.51. The molecule has 1 saturated heterocycles. The number of rotatable bonds is 4. The third-order valence-electron chi connectivity index (χ3n) is 5.91. The number of carboxylic acid groups (broad SMARTS) is 2. The molecule has 1 fully saturated rings. The highest BCUT2D eigenvalue weighted by Crippen LogP contribution is 2.45. The van der Waals surface area contributed by atoms with Crippen LogP contribution in [0.2, 0.25) is 0 Å². The standard InChI is InChI=1S/C18H24N2S.C4H4O4/c1-3-19-9-12(2)7-15-14-5-4-6-16-18(14)13(8-17(15)19)10-20(16)11-21;5-3(6)1-2-4(7)8/h4-6,10,12,15,17,21H,3,7-9,11H2,1-2H3;1-2H,(H,5,6)(H,7,8)/b;2-1-/t12-,15-,17-;/m1./s1. The number of nitrogens with zero attached hydrogens (tertiary/aromatic N) is 2. The number of fused-ring (bicyclic) bond motifs is 2. The zero-order valence-corrected chi connectivity index (χ0v) is 17.7. The van der Waals surface area contributed by atoms with E-state index in [9.17, 15) is 9.59 Å². The van der Waals surface area contributed by atoms with Crippen molar-refractivity contribution in [3.05, 3.63) is 47.7 Å². The van der Waals surface area contributed by atoms with E-state index >= 15 is 0 Å². The van der Waals surface area contributed by atoms with E-state index in [4.69, 9.17) is 10.2 Å². The predicted molar refractivity (Wildman–Crippen MR) is 117 cm³/mol. The van der Waals surface area contributed by atoms with E-state index in [1.54, 1.807) is 5.56 Å². The van der Waals surface area contributed by atoms with Crippen LogP contribution in [-0.2, 0) is 21.9 Å². The number of hydrogen-bond donors (Lipinski definition) is 3. The van der Waals surface area contributed by atoms with Gasteiger partial charge in [0.2, 0.25) is 0 Å². The number of likely N-dealkylation sites (tertiary alicyclic amines) is 1. The molecule has 3 atom stereocenters. The van der Waals surface area contributed by atoms with Crippen LogP contribution in [0.15, 0.2) is 36.5 Å². The summed E-state index contributed by atoms with van der Waals surface area (Å²) in [4.78, 5) is 21.8. The predicted octanol–water partition coefficient (Wildman–Crippen LogP) is 3.61. The fraction of sp³-hybridized carbons (Fsp3) is 0.455. The van der Waals surface area contributed by atoms with Crippen molar-refractivity contribution in [3.63, 3.8) is 0 Å². The van der Waals surface area contributed by atoms with E-state index in [0.29, 0.717) is 24.1 Å². The lowest BCUT2D eigenvalue weighted by Crippen LogP contribution is -2.49. The Labute approximate surface area is 176 Å². The molecule has 0 saturated carbocycles. The molecule has 0 radical (unpaired) electrons. The van der Waals surface area contributed by atoms with Crippen LogP contribution in [0.25, 0.3) is 10.9 Å². The summed E-state index contributed by atoms with van der Waals surface area (Å²) in [6, 6.07) is 7.56. The average Bonchev–Trinajstić information content (AvgIpc) is 3.06. The Morgan fingerprint density at radius 2 is 1.93 bits per heavy atom. The first kappa shape index (κ1) is 21.5. The van der Waals surface area contributed by atoms with Gasteiger partial charge in [0, 0.05) is 47.8 Å². The molecule has 0 amide bonds. The molecule has 0 spiro atoms. The maximum absolute atomic E-state index is 9.55. The van der Waals surface area contributed by atoms with Gasteiger partial charge in [-0.15, -0.1) is 0 Å². The number of likely N-dealkylation sites (N-methyl/N-ethyl adjacent to an activating group) is 1. The number of carbonyl (C=O) groups is 2. The second-order valence-corrected chi connectivity index (χ2v) is 8.11. The monoisotopic (exact) mass is 416 g/mol. The van der Waals surface area contributed by atoms with Gasteiger partial charge >= 0.3 is 11.9 Å². The molecule has 29 heavy (non-hydrogen) atoms. The number of hydrogen-bond acceptors (Lipinski definition) is 4. The Morgan fingerprint density at radius 1 is 1.24 bits per heavy atom. The van der Waals surface area contributed by atoms with Gasteiger partial charge < -0.3 is 14.8 Å². The van der Waals surface area contributed by atoms with Crippen LogP contribution in [0, 0.1) is 5.92 Å². The van der Waals surface area contributed by atoms with Crippen molar-refractivity contribution in [2.24, 2.45) is 5.92 Å². The number of thiol groups is 1. The minimum Gasteiger partial charge on any atom is -0.478 e. The summed E-state index contributed by atoms with van der Waals surface area (Å²) in [5.41, 5.74) is 4.49. The molecule has 7 heteroatoms. The highest BCUT2D eigenvalue weighted by atomic mass is 32.1. The molecule has 2 aromatic rings. The average molecular weight is 417 g/mol. The van der Waals surface area contributed by atoms with E-state index in [2.05, 4.69) is 60.3 Å². The lowest BCUT2D eigenvalue weighted by Gasteiger charge is -2.46. The summed E-state index contributed by atoms with van der Waals surface area (Å²) in [6.07, 6.45) is 6.00. The van der Waals surface area contributed by atoms with Gasteiger partial charge in [0.05, 0.1) is 5.88 Å². The molecule has 2 N–H and O–H groups in total. The lowest BCUT2D eigenvalue weighted by molar-refractivity contribution is -0.134. The first-order valence-corrected chi connectivity index (χ1v) is 10.6. The molecule has 2 heterocycles. The zero-order chi connectivity index (χ0) is 21.1. The minimum absolute atomic E-state index is 0.558. The molecule has 6 nitrogen and oxygen atoms in total. The fourth-order valence-corrected chi connectivity index (χ4v) is 5.08. The van der Waals surface area contributed by atoms with Crippen LogP contribution in [0.5, 0.6) is 0 Å². The molecule has 0 bridgehead atoms. The van der Waals surface area contributed by atoms with Crippen molar-refractivity contribution < 1.29 is 19.8 Å². The van der Waals surface area contributed by atoms with Crippen molar-refractivity contribution in [2.45, 2.75) is 44.5 Å². The van der Waals surface area contributed by atoms with E-state index in [-0.39, 0.29) is 0 Å². The number of benzene rings is 1. The van der Waals surface area contributed by atoms with Crippen LogP contribution >= 0.6 is 12.6 Å². The topological polar surface area (TPSA) is 82.8 Å². The van der Waals surface area contributed by atoms with Crippen molar-refractivity contribution >= 4 is 35.5 Å². The maximum atomic E-state index is 9.55. The molecular weight excluding hydrogens is 388 g/mol. The van der Waals surface area contributed by atoms with Gasteiger partial charge in [0.15, 0.2) is 0 Å². The Hall–Kier alpha value is -2.25. The Bertz CT molecular complexity index is 920. The van der Waals surface area contributed by atoms with Crippen LogP contribution in [0.3, 0.4) is 0 Å². The summed E-state index contributed by atoms with van der Waals surface area (Å²) in [5.74, 6) is -0.237.